The predicted octanol–water partition coefficient (Wildman–Crippen LogP) is 4.38. The molecule has 3 aromatic rings. The van der Waals surface area contributed by atoms with Gasteiger partial charge in [0, 0.05) is 37.9 Å². The quantitative estimate of drug-likeness (QED) is 0.204. The molecule has 2 heterocycles. The van der Waals surface area contributed by atoms with Gasteiger partial charge in [0.2, 0.25) is 0 Å². The van der Waals surface area contributed by atoms with E-state index in [0.29, 0.717) is 24.6 Å². The average molecular weight is 680 g/mol. The molecule has 13 nitrogen and oxygen atoms in total. The van der Waals surface area contributed by atoms with E-state index in [9.17, 15) is 31.1 Å². The van der Waals surface area contributed by atoms with Crippen molar-refractivity contribution in [3.8, 4) is 22.6 Å². The molecular weight excluding hydrogens is 648 g/mol. The molecule has 5 N–H and O–H groups in total. The summed E-state index contributed by atoms with van der Waals surface area (Å²) < 4.78 is 80.2. The standard InChI is InChI=1S/C24H29N5O4.2C2HF3O2/c1-31-21-4-2-3-18(13-21)15-25-24(30)28-22-6-5-19(20-16-26-27-17-20)14-23(22)33-12-9-29-7-10-32-11-8-29;2*3-2(4,5)1(6)7/h2-6,13-14,16-17H,7-12,15H2,1H3,(H,26,27)(H2,25,28,30);2*(H,6,7). The minimum atomic E-state index is -5.08. The number of carboxylic acid groups (broad SMARTS) is 2. The molecule has 258 valence electrons. The van der Waals surface area contributed by atoms with Crippen LogP contribution in [0.2, 0.25) is 0 Å². The lowest BCUT2D eigenvalue weighted by atomic mass is 10.1. The van der Waals surface area contributed by atoms with E-state index in [1.54, 1.807) is 13.3 Å². The van der Waals surface area contributed by atoms with Crippen LogP contribution in [0, 0.1) is 0 Å². The molecule has 2 amide bonds. The van der Waals surface area contributed by atoms with Gasteiger partial charge in [-0.2, -0.15) is 31.4 Å². The minimum absolute atomic E-state index is 0.313. The SMILES string of the molecule is COc1cccc(CNC(=O)Nc2ccc(-c3cn[nH]c3)cc2OCCN2CCOCC2)c1.O=C(O)C(F)(F)F.O=C(O)C(F)(F)F. The van der Waals surface area contributed by atoms with E-state index in [4.69, 9.17) is 34.0 Å². The summed E-state index contributed by atoms with van der Waals surface area (Å²) >= 11 is 0. The molecule has 1 aliphatic heterocycles. The number of rotatable bonds is 9. The molecule has 1 aromatic heterocycles. The number of morpholine rings is 1. The number of anilines is 1. The van der Waals surface area contributed by atoms with Crippen LogP contribution in [0.4, 0.5) is 36.8 Å². The summed E-state index contributed by atoms with van der Waals surface area (Å²) in [5, 5.41) is 26.9. The Morgan fingerprint density at radius 2 is 1.62 bits per heavy atom. The number of amides is 2. The number of carbonyl (C=O) groups is 3. The second-order valence-corrected chi connectivity index (χ2v) is 9.27. The van der Waals surface area contributed by atoms with E-state index in [2.05, 4.69) is 25.7 Å². The first-order valence-corrected chi connectivity index (χ1v) is 13.4. The van der Waals surface area contributed by atoms with Crippen LogP contribution in [0.3, 0.4) is 0 Å². The second kappa shape index (κ2) is 18.2. The molecule has 0 radical (unpaired) electrons. The zero-order valence-electron chi connectivity index (χ0n) is 24.7. The summed E-state index contributed by atoms with van der Waals surface area (Å²) in [5.74, 6) is -4.15. The van der Waals surface area contributed by atoms with Gasteiger partial charge >= 0.3 is 30.3 Å². The van der Waals surface area contributed by atoms with Gasteiger partial charge in [-0.3, -0.25) is 10.00 Å². The average Bonchev–Trinajstić information content (AvgIpc) is 3.56. The van der Waals surface area contributed by atoms with Crippen molar-refractivity contribution < 1.29 is 65.1 Å². The summed E-state index contributed by atoms with van der Waals surface area (Å²) in [6.45, 7) is 4.97. The van der Waals surface area contributed by atoms with E-state index < -0.39 is 24.3 Å². The molecule has 0 unspecified atom stereocenters. The minimum Gasteiger partial charge on any atom is -0.497 e. The van der Waals surface area contributed by atoms with Crippen molar-refractivity contribution in [3.63, 3.8) is 0 Å². The van der Waals surface area contributed by atoms with Crippen LogP contribution in [-0.2, 0) is 20.9 Å². The number of alkyl halides is 6. The Morgan fingerprint density at radius 1 is 0.979 bits per heavy atom. The maximum atomic E-state index is 12.6. The van der Waals surface area contributed by atoms with Crippen molar-refractivity contribution in [1.82, 2.24) is 20.4 Å². The lowest BCUT2D eigenvalue weighted by Crippen LogP contribution is -2.38. The maximum absolute atomic E-state index is 12.6. The number of nitrogens with one attached hydrogen (secondary N) is 3. The number of H-pyrrole nitrogens is 1. The topological polar surface area (TPSA) is 175 Å². The molecule has 2 aromatic carbocycles. The summed E-state index contributed by atoms with van der Waals surface area (Å²) in [7, 11) is 1.62. The first-order valence-electron chi connectivity index (χ1n) is 13.4. The Labute approximate surface area is 263 Å². The lowest BCUT2D eigenvalue weighted by Gasteiger charge is -2.26. The van der Waals surface area contributed by atoms with E-state index in [-0.39, 0.29) is 6.03 Å². The van der Waals surface area contributed by atoms with E-state index >= 15 is 0 Å². The fourth-order valence-electron chi connectivity index (χ4n) is 3.57. The van der Waals surface area contributed by atoms with Crippen molar-refractivity contribution in [3.05, 3.63) is 60.4 Å². The maximum Gasteiger partial charge on any atom is 0.490 e. The van der Waals surface area contributed by atoms with Gasteiger partial charge in [0.05, 0.1) is 32.2 Å². The number of aromatic amines is 1. The first kappa shape index (κ1) is 38.1. The second-order valence-electron chi connectivity index (χ2n) is 9.27. The molecule has 1 saturated heterocycles. The number of methoxy groups -OCH3 is 1. The third kappa shape index (κ3) is 14.3. The Kier molecular flexibility index (Phi) is 14.8. The number of nitrogens with zero attached hydrogens (tertiary/aromatic N) is 2. The summed E-state index contributed by atoms with van der Waals surface area (Å²) in [4.78, 5) is 32.7. The van der Waals surface area contributed by atoms with Crippen molar-refractivity contribution in [2.24, 2.45) is 0 Å². The Bertz CT molecular complexity index is 1410. The third-order valence-electron chi connectivity index (χ3n) is 5.90. The van der Waals surface area contributed by atoms with Crippen LogP contribution in [0.15, 0.2) is 54.9 Å². The number of urea groups is 1. The molecule has 47 heavy (non-hydrogen) atoms. The number of benzene rings is 2. The number of hydrogen-bond acceptors (Lipinski definition) is 8. The monoisotopic (exact) mass is 679 g/mol. The Morgan fingerprint density at radius 3 is 2.17 bits per heavy atom. The zero-order chi connectivity index (χ0) is 35.0. The largest absolute Gasteiger partial charge is 0.497 e. The smallest absolute Gasteiger partial charge is 0.490 e. The number of carboxylic acids is 2. The van der Waals surface area contributed by atoms with Crippen molar-refractivity contribution in [2.45, 2.75) is 18.9 Å². The van der Waals surface area contributed by atoms with Gasteiger partial charge in [-0.1, -0.05) is 18.2 Å². The van der Waals surface area contributed by atoms with Crippen molar-refractivity contribution in [2.75, 3.05) is 51.9 Å². The third-order valence-corrected chi connectivity index (χ3v) is 5.90. The van der Waals surface area contributed by atoms with Gasteiger partial charge in [-0.05, 0) is 35.4 Å². The number of ether oxygens (including phenoxy) is 3. The van der Waals surface area contributed by atoms with Crippen LogP contribution in [-0.4, -0.2) is 102 Å². The molecule has 1 fully saturated rings. The molecule has 19 heteroatoms. The predicted molar refractivity (Wildman–Crippen MR) is 153 cm³/mol. The van der Waals surface area contributed by atoms with Crippen LogP contribution >= 0.6 is 0 Å². The van der Waals surface area contributed by atoms with Crippen molar-refractivity contribution >= 4 is 23.7 Å². The lowest BCUT2D eigenvalue weighted by molar-refractivity contribution is -0.193. The summed E-state index contributed by atoms with van der Waals surface area (Å²) in [6, 6.07) is 13.0. The summed E-state index contributed by atoms with van der Waals surface area (Å²) in [5.41, 5.74) is 3.45. The van der Waals surface area contributed by atoms with Gasteiger partial charge < -0.3 is 35.1 Å². The highest BCUT2D eigenvalue weighted by Gasteiger charge is 2.38. The first-order chi connectivity index (χ1) is 22.1. The highest BCUT2D eigenvalue weighted by molar-refractivity contribution is 5.91. The molecule has 0 spiro atoms. The molecule has 1 aliphatic rings. The van der Waals surface area contributed by atoms with Crippen LogP contribution in [0.1, 0.15) is 5.56 Å². The molecule has 0 bridgehead atoms. The fourth-order valence-corrected chi connectivity index (χ4v) is 3.57. The van der Waals surface area contributed by atoms with Gasteiger partial charge in [-0.15, -0.1) is 0 Å². The molecule has 0 aliphatic carbocycles. The number of aliphatic carboxylic acids is 2. The van der Waals surface area contributed by atoms with Crippen LogP contribution in [0.25, 0.3) is 11.1 Å². The number of hydrogen-bond donors (Lipinski definition) is 5. The number of halogens is 6. The van der Waals surface area contributed by atoms with Gasteiger partial charge in [0.25, 0.3) is 0 Å². The normalized spacial score (nSPS) is 13.2. The van der Waals surface area contributed by atoms with Gasteiger partial charge in [-0.25, -0.2) is 14.4 Å². The van der Waals surface area contributed by atoms with Gasteiger partial charge in [0.1, 0.15) is 18.1 Å². The fraction of sp³-hybridized carbons (Fsp3) is 0.357. The van der Waals surface area contributed by atoms with E-state index in [1.165, 1.54) is 0 Å². The number of carbonyl (C=O) groups excluding carboxylic acids is 1. The Hall–Kier alpha value is -5.04. The highest BCUT2D eigenvalue weighted by Crippen LogP contribution is 2.31. The molecule has 4 rings (SSSR count). The molecular formula is C28H31F6N5O8. The summed E-state index contributed by atoms with van der Waals surface area (Å²) in [6.07, 6.45) is -6.60. The highest BCUT2D eigenvalue weighted by atomic mass is 19.4. The van der Waals surface area contributed by atoms with E-state index in [0.717, 1.165) is 55.3 Å². The molecule has 0 atom stereocenters. The van der Waals surface area contributed by atoms with E-state index in [1.807, 2.05) is 48.7 Å². The van der Waals surface area contributed by atoms with Crippen LogP contribution in [0.5, 0.6) is 11.5 Å². The van der Waals surface area contributed by atoms with Gasteiger partial charge in [0.15, 0.2) is 0 Å². The molecule has 0 saturated carbocycles. The van der Waals surface area contributed by atoms with Crippen molar-refractivity contribution in [1.29, 1.82) is 0 Å². The Balaban J connectivity index is 0.000000459. The zero-order valence-corrected chi connectivity index (χ0v) is 24.7. The number of aromatic nitrogens is 2. The van der Waals surface area contributed by atoms with Crippen LogP contribution < -0.4 is 20.1 Å².